The summed E-state index contributed by atoms with van der Waals surface area (Å²) in [5, 5.41) is 8.65. The molecule has 4 heterocycles. The van der Waals surface area contributed by atoms with Crippen LogP contribution < -0.4 is 10.6 Å². The average molecular weight is 366 g/mol. The molecule has 25 heavy (non-hydrogen) atoms. The normalized spacial score (nSPS) is 54.6. The van der Waals surface area contributed by atoms with Crippen molar-refractivity contribution < 1.29 is 8.85 Å². The number of piperidine rings is 2. The van der Waals surface area contributed by atoms with Crippen LogP contribution in [0.1, 0.15) is 69.8 Å². The van der Waals surface area contributed by atoms with Crippen molar-refractivity contribution in [2.45, 2.75) is 94.6 Å². The van der Waals surface area contributed by atoms with Crippen molar-refractivity contribution in [2.24, 2.45) is 23.7 Å². The fourth-order valence-corrected chi connectivity index (χ4v) is 7.82. The lowest BCUT2D eigenvalue weighted by atomic mass is 9.74. The number of allylic oxidation sites excluding steroid dienone is 1. The molecule has 4 saturated heterocycles. The molecule has 0 aromatic heterocycles. The van der Waals surface area contributed by atoms with E-state index >= 15 is 0 Å². The molecule has 0 saturated carbocycles. The molecular weight excluding hydrogens is 328 g/mol. The SMILES string of the molecule is [2H]C([2H])([2H])[C@@H]1CCC2C(N1)OC1=C([C@H]3CC[C@@H]4C(N3)S[C@H](C)[C@@H]4C)CCC[C@H]12. The Labute approximate surface area is 161 Å². The van der Waals surface area contributed by atoms with E-state index in [2.05, 4.69) is 36.2 Å². The van der Waals surface area contributed by atoms with Gasteiger partial charge in [-0.3, -0.25) is 10.6 Å². The molecule has 3 unspecified atom stereocenters. The summed E-state index contributed by atoms with van der Waals surface area (Å²) in [4.78, 5) is 0. The van der Waals surface area contributed by atoms with Crippen molar-refractivity contribution in [3.8, 4) is 0 Å². The van der Waals surface area contributed by atoms with Crippen molar-refractivity contribution in [1.82, 2.24) is 10.6 Å². The van der Waals surface area contributed by atoms with Gasteiger partial charge in [-0.15, -0.1) is 11.8 Å². The molecule has 0 radical (unpaired) electrons. The van der Waals surface area contributed by atoms with Gasteiger partial charge in [0.15, 0.2) is 6.23 Å². The van der Waals surface area contributed by atoms with Crippen LogP contribution in [0.15, 0.2) is 11.3 Å². The topological polar surface area (TPSA) is 33.3 Å². The van der Waals surface area contributed by atoms with Gasteiger partial charge >= 0.3 is 0 Å². The van der Waals surface area contributed by atoms with Crippen LogP contribution in [0, 0.1) is 23.7 Å². The van der Waals surface area contributed by atoms with Crippen molar-refractivity contribution in [3.63, 3.8) is 0 Å². The molecule has 5 rings (SSSR count). The predicted molar refractivity (Wildman–Crippen MR) is 104 cm³/mol. The lowest BCUT2D eigenvalue weighted by molar-refractivity contribution is 0.0573. The van der Waals surface area contributed by atoms with Crippen molar-refractivity contribution >= 4 is 11.8 Å². The van der Waals surface area contributed by atoms with Crippen LogP contribution in [-0.2, 0) is 4.74 Å². The summed E-state index contributed by atoms with van der Waals surface area (Å²) in [6, 6.07) is 0.0204. The first-order valence-corrected chi connectivity index (χ1v) is 11.3. The molecule has 0 amide bonds. The van der Waals surface area contributed by atoms with E-state index in [1.165, 1.54) is 37.0 Å². The maximum Gasteiger partial charge on any atom is 0.153 e. The van der Waals surface area contributed by atoms with Crippen molar-refractivity contribution in [2.75, 3.05) is 0 Å². The van der Waals surface area contributed by atoms with Crippen LogP contribution in [0.25, 0.3) is 0 Å². The van der Waals surface area contributed by atoms with Crippen LogP contribution in [0.3, 0.4) is 0 Å². The molecule has 3 nitrogen and oxygen atoms in total. The lowest BCUT2D eigenvalue weighted by Crippen LogP contribution is -2.46. The third-order valence-corrected chi connectivity index (χ3v) is 9.31. The Hall–Kier alpha value is -0.190. The minimum absolute atomic E-state index is 0.107. The van der Waals surface area contributed by atoms with Gasteiger partial charge in [-0.05, 0) is 69.2 Å². The molecule has 4 fully saturated rings. The number of rotatable bonds is 1. The predicted octanol–water partition coefficient (Wildman–Crippen LogP) is 4.25. The molecule has 4 aliphatic heterocycles. The molecule has 4 heteroatoms. The highest BCUT2D eigenvalue weighted by Gasteiger charge is 2.49. The van der Waals surface area contributed by atoms with Crippen LogP contribution in [0.4, 0.5) is 0 Å². The first kappa shape index (κ1) is 13.9. The van der Waals surface area contributed by atoms with Crippen LogP contribution in [0.2, 0.25) is 0 Å². The molecule has 2 N–H and O–H groups in total. The summed E-state index contributed by atoms with van der Waals surface area (Å²) in [7, 11) is 0. The van der Waals surface area contributed by atoms with Gasteiger partial charge in [0, 0.05) is 33.3 Å². The fourth-order valence-electron chi connectivity index (χ4n) is 6.08. The van der Waals surface area contributed by atoms with Crippen LogP contribution in [0.5, 0.6) is 0 Å². The lowest BCUT2D eigenvalue weighted by Gasteiger charge is -2.38. The molecule has 0 bridgehead atoms. The van der Waals surface area contributed by atoms with Gasteiger partial charge < -0.3 is 4.74 Å². The number of ether oxygens (including phenoxy) is 1. The summed E-state index contributed by atoms with van der Waals surface area (Å²) in [6.45, 7) is 2.85. The van der Waals surface area contributed by atoms with Gasteiger partial charge in [-0.25, -0.2) is 0 Å². The zero-order chi connectivity index (χ0) is 19.6. The fraction of sp³-hybridized carbons (Fsp3) is 0.905. The van der Waals surface area contributed by atoms with Crippen molar-refractivity contribution in [1.29, 1.82) is 0 Å². The summed E-state index contributed by atoms with van der Waals surface area (Å²) >= 11 is 2.12. The van der Waals surface area contributed by atoms with E-state index in [1.807, 2.05) is 0 Å². The molecular formula is C21H34N2OS. The second-order valence-electron chi connectivity index (χ2n) is 8.97. The molecule has 0 aromatic carbocycles. The monoisotopic (exact) mass is 365 g/mol. The average Bonchev–Trinajstić information content (AvgIpc) is 3.17. The van der Waals surface area contributed by atoms with Crippen molar-refractivity contribution in [3.05, 3.63) is 11.3 Å². The van der Waals surface area contributed by atoms with Gasteiger partial charge in [0.25, 0.3) is 0 Å². The Kier molecular flexibility index (Phi) is 3.59. The van der Waals surface area contributed by atoms with Gasteiger partial charge in [0.1, 0.15) is 5.76 Å². The molecule has 9 atom stereocenters. The number of hydrogen-bond donors (Lipinski definition) is 2. The number of nitrogens with one attached hydrogen (secondary N) is 2. The largest absolute Gasteiger partial charge is 0.479 e. The first-order valence-electron chi connectivity index (χ1n) is 11.9. The second kappa shape index (κ2) is 6.45. The number of thioether (sulfide) groups is 1. The van der Waals surface area contributed by atoms with E-state index in [0.717, 1.165) is 36.3 Å². The Morgan fingerprint density at radius 2 is 1.96 bits per heavy atom. The summed E-state index contributed by atoms with van der Waals surface area (Å²) in [5.74, 6) is 3.76. The van der Waals surface area contributed by atoms with E-state index in [0.29, 0.717) is 23.3 Å². The van der Waals surface area contributed by atoms with Gasteiger partial charge in [-0.1, -0.05) is 13.8 Å². The molecule has 140 valence electrons. The Bertz CT molecular complexity index is 654. The highest BCUT2D eigenvalue weighted by atomic mass is 32.2. The zero-order valence-corrected chi connectivity index (χ0v) is 16.3. The molecule has 5 aliphatic rings. The zero-order valence-electron chi connectivity index (χ0n) is 18.5. The van der Waals surface area contributed by atoms with E-state index in [-0.39, 0.29) is 6.23 Å². The summed E-state index contributed by atoms with van der Waals surface area (Å²) in [6.07, 6.45) is 7.70. The van der Waals surface area contributed by atoms with Gasteiger partial charge in [-0.2, -0.15) is 0 Å². The molecule has 1 aliphatic carbocycles. The molecule has 0 aromatic rings. The smallest absolute Gasteiger partial charge is 0.153 e. The second-order valence-corrected chi connectivity index (χ2v) is 10.5. The van der Waals surface area contributed by atoms with E-state index in [1.54, 1.807) is 0 Å². The standard InChI is InChI=1S/C21H34N2OS/c1-11-7-8-16-15-5-4-6-17(19(15)24-20(16)22-11)18-10-9-14-12(2)13(3)25-21(14)23-18/h11-16,18,20-23H,4-10H2,1-3H3/t11-,12+,13-,14+,15+,16?,18-,20?,21?/m1/s1/i1D3. The Balaban J connectivity index is 1.35. The highest BCUT2D eigenvalue weighted by molar-refractivity contribution is 8.00. The van der Waals surface area contributed by atoms with E-state index in [4.69, 9.17) is 8.85 Å². The summed E-state index contributed by atoms with van der Waals surface area (Å²) < 4.78 is 29.8. The maximum atomic E-state index is 7.77. The minimum Gasteiger partial charge on any atom is -0.479 e. The Morgan fingerprint density at radius 1 is 1.08 bits per heavy atom. The maximum absolute atomic E-state index is 7.77. The number of fused-ring (bicyclic) bond motifs is 4. The third-order valence-electron chi connectivity index (χ3n) is 7.67. The minimum atomic E-state index is -1.94. The molecule has 0 spiro atoms. The van der Waals surface area contributed by atoms with E-state index < -0.39 is 12.9 Å². The van der Waals surface area contributed by atoms with Gasteiger partial charge in [0.05, 0.1) is 5.37 Å². The highest BCUT2D eigenvalue weighted by Crippen LogP contribution is 2.51. The first-order chi connectivity index (χ1) is 13.3. The van der Waals surface area contributed by atoms with Crippen LogP contribution in [-0.4, -0.2) is 28.9 Å². The number of hydrogen-bond acceptors (Lipinski definition) is 4. The van der Waals surface area contributed by atoms with Crippen LogP contribution >= 0.6 is 11.8 Å². The van der Waals surface area contributed by atoms with Gasteiger partial charge in [0.2, 0.25) is 0 Å². The quantitative estimate of drug-likeness (QED) is 0.728. The summed E-state index contributed by atoms with van der Waals surface area (Å²) in [5.41, 5.74) is 1.50. The van der Waals surface area contributed by atoms with E-state index in [9.17, 15) is 0 Å². The Morgan fingerprint density at radius 3 is 2.84 bits per heavy atom. The third kappa shape index (κ3) is 2.78.